The molecular formula is C57H63NO9S4. The predicted octanol–water partition coefficient (Wildman–Crippen LogP) is 12.2. The Labute approximate surface area is 430 Å². The van der Waals surface area contributed by atoms with Crippen molar-refractivity contribution in [3.05, 3.63) is 115 Å². The summed E-state index contributed by atoms with van der Waals surface area (Å²) in [6.45, 7) is 4.16. The summed E-state index contributed by atoms with van der Waals surface area (Å²) in [7, 11) is 6.77. The number of rotatable bonds is 8. The molecular weight excluding hydrogens is 971 g/mol. The number of aryl methyl sites for hydroxylation is 1. The maximum Gasteiger partial charge on any atom is 0.238 e. The number of hydrogen-bond acceptors (Lipinski definition) is 14. The van der Waals surface area contributed by atoms with E-state index in [1.54, 1.807) is 43.2 Å². The zero-order valence-corrected chi connectivity index (χ0v) is 43.5. The van der Waals surface area contributed by atoms with Crippen molar-refractivity contribution in [3.63, 3.8) is 0 Å². The Hall–Kier alpha value is -3.99. The number of ether oxygens (including phenoxy) is 1. The van der Waals surface area contributed by atoms with Crippen LogP contribution in [0.2, 0.25) is 0 Å². The third-order valence-electron chi connectivity index (χ3n) is 15.5. The lowest BCUT2D eigenvalue weighted by Crippen LogP contribution is -2.39. The highest BCUT2D eigenvalue weighted by atomic mass is 33.1. The molecule has 1 saturated heterocycles. The van der Waals surface area contributed by atoms with E-state index in [4.69, 9.17) is 9.15 Å². The summed E-state index contributed by atoms with van der Waals surface area (Å²) in [5.41, 5.74) is 7.72. The Morgan fingerprint density at radius 1 is 0.845 bits per heavy atom. The van der Waals surface area contributed by atoms with E-state index in [9.17, 15) is 30.6 Å². The first-order valence-corrected chi connectivity index (χ1v) is 30.4. The van der Waals surface area contributed by atoms with Gasteiger partial charge in [0.1, 0.15) is 34.3 Å². The van der Waals surface area contributed by atoms with Gasteiger partial charge >= 0.3 is 0 Å². The minimum Gasteiger partial charge on any atom is -0.507 e. The fourth-order valence-electron chi connectivity index (χ4n) is 12.2. The number of benzene rings is 5. The standard InChI is InChI=1S/C57H63NO9S4/c1-29(2)20-33-24-38(41-27-69-70-28-42(58-34-13-4-3-5-14-34)32-11-6-10-30(21-32)22-37(41)51(33)62)55-54(65)53(64)50-46(67-55)26-44(61)49-39-23-31(12-8-18-59)35-15-7-16-36-47(35)48(39)40-25-45(66-56(49)50)43(60)17-9-19-68-71-57(36)52(40)63/h6-7,10-11,15-16,21,23-24,26,29,34,40,42-43,45,52,57-63,65H,3-5,8-9,12-14,17-20,22,25,27-28H2,1-2H3. The number of fused-ring (bicyclic) bond motifs is 10. The molecule has 11 rings (SSSR count). The minimum absolute atomic E-state index is 0.00103. The van der Waals surface area contributed by atoms with Crippen LogP contribution in [0.5, 0.6) is 23.0 Å². The highest BCUT2D eigenvalue weighted by molar-refractivity contribution is 8.77. The fourth-order valence-corrected chi connectivity index (χ4v) is 17.4. The Bertz CT molecular complexity index is 3060. The Balaban J connectivity index is 1.11. The molecule has 3 aliphatic heterocycles. The van der Waals surface area contributed by atoms with Gasteiger partial charge in [0.15, 0.2) is 5.76 Å². The molecule has 0 amide bonds. The van der Waals surface area contributed by atoms with Gasteiger partial charge in [0, 0.05) is 65.5 Å². The molecule has 7 N–H and O–H groups in total. The smallest absolute Gasteiger partial charge is 0.238 e. The van der Waals surface area contributed by atoms with Gasteiger partial charge in [-0.1, -0.05) is 119 Å². The second-order valence-corrected chi connectivity index (χ2v) is 25.9. The van der Waals surface area contributed by atoms with Crippen molar-refractivity contribution in [2.45, 2.75) is 138 Å². The van der Waals surface area contributed by atoms with Crippen molar-refractivity contribution >= 4 is 64.9 Å². The highest BCUT2D eigenvalue weighted by Crippen LogP contribution is 2.59. The van der Waals surface area contributed by atoms with E-state index >= 15 is 4.79 Å². The second kappa shape index (κ2) is 20.7. The molecule has 10 nitrogen and oxygen atoms in total. The lowest BCUT2D eigenvalue weighted by atomic mass is 9.71. The van der Waals surface area contributed by atoms with Crippen LogP contribution in [-0.2, 0) is 25.0 Å². The molecule has 6 aromatic rings. The van der Waals surface area contributed by atoms with Crippen molar-refractivity contribution in [3.8, 4) is 45.4 Å². The number of aromatic hydroxyl groups is 3. The molecule has 0 spiro atoms. The van der Waals surface area contributed by atoms with Crippen LogP contribution in [0, 0.1) is 5.92 Å². The topological polar surface area (TPSA) is 173 Å². The van der Waals surface area contributed by atoms with Crippen molar-refractivity contribution < 1.29 is 39.8 Å². The zero-order valence-electron chi connectivity index (χ0n) is 40.2. The average Bonchev–Trinajstić information content (AvgIpc) is 3.39. The molecule has 2 aliphatic carbocycles. The van der Waals surface area contributed by atoms with Gasteiger partial charge in [-0.15, -0.1) is 0 Å². The number of aliphatic hydroxyl groups excluding tert-OH is 3. The van der Waals surface area contributed by atoms with Crippen molar-refractivity contribution in [2.24, 2.45) is 5.92 Å². The number of nitrogens with one attached hydrogen (secondary N) is 1. The van der Waals surface area contributed by atoms with Gasteiger partial charge in [-0.05, 0) is 125 Å². The van der Waals surface area contributed by atoms with Crippen LogP contribution < -0.4 is 15.5 Å². The van der Waals surface area contributed by atoms with E-state index in [-0.39, 0.29) is 69.8 Å². The summed E-state index contributed by atoms with van der Waals surface area (Å²) in [5.74, 6) is 1.00. The molecule has 14 heteroatoms. The van der Waals surface area contributed by atoms with Crippen LogP contribution in [0.1, 0.15) is 133 Å². The molecule has 1 aromatic heterocycles. The monoisotopic (exact) mass is 1030 g/mol. The van der Waals surface area contributed by atoms with Crippen LogP contribution >= 0.6 is 43.2 Å². The van der Waals surface area contributed by atoms with Gasteiger partial charge in [0.05, 0.1) is 23.0 Å². The molecule has 0 radical (unpaired) electrons. The van der Waals surface area contributed by atoms with E-state index in [0.717, 1.165) is 50.1 Å². The summed E-state index contributed by atoms with van der Waals surface area (Å²) >= 11 is 0. The van der Waals surface area contributed by atoms with Crippen LogP contribution in [0.15, 0.2) is 69.9 Å². The summed E-state index contributed by atoms with van der Waals surface area (Å²) < 4.78 is 13.7. The normalized spacial score (nSPS) is 23.6. The quantitative estimate of drug-likeness (QED) is 0.0718. The van der Waals surface area contributed by atoms with Crippen molar-refractivity contribution in [1.82, 2.24) is 5.32 Å². The number of phenols is 2. The van der Waals surface area contributed by atoms with E-state index in [1.807, 2.05) is 18.2 Å². The summed E-state index contributed by atoms with van der Waals surface area (Å²) in [6.07, 6.45) is 6.72. The van der Waals surface area contributed by atoms with Crippen molar-refractivity contribution in [1.29, 1.82) is 0 Å². The van der Waals surface area contributed by atoms with Gasteiger partial charge in [-0.3, -0.25) is 4.79 Å². The van der Waals surface area contributed by atoms with Crippen LogP contribution in [-0.4, -0.2) is 73.1 Å². The van der Waals surface area contributed by atoms with Crippen LogP contribution in [0.4, 0.5) is 0 Å². The van der Waals surface area contributed by atoms with Gasteiger partial charge < -0.3 is 45.1 Å². The lowest BCUT2D eigenvalue weighted by molar-refractivity contribution is 0.00975. The average molecular weight is 1030 g/mol. The van der Waals surface area contributed by atoms with E-state index in [2.05, 4.69) is 55.6 Å². The molecule has 6 atom stereocenters. The van der Waals surface area contributed by atoms with Gasteiger partial charge in [0.2, 0.25) is 11.2 Å². The summed E-state index contributed by atoms with van der Waals surface area (Å²) in [5, 5.41) is 77.4. The predicted molar refractivity (Wildman–Crippen MR) is 291 cm³/mol. The molecule has 5 bridgehead atoms. The third kappa shape index (κ3) is 9.25. The number of aliphatic hydroxyl groups is 3. The summed E-state index contributed by atoms with van der Waals surface area (Å²) in [6, 6.07) is 20.7. The Kier molecular flexibility index (Phi) is 14.4. The van der Waals surface area contributed by atoms with Gasteiger partial charge in [-0.2, -0.15) is 0 Å². The maximum atomic E-state index is 15.3. The molecule has 374 valence electrons. The van der Waals surface area contributed by atoms with E-state index < -0.39 is 35.4 Å². The Morgan fingerprint density at radius 3 is 2.48 bits per heavy atom. The minimum atomic E-state index is -0.977. The molecule has 1 saturated carbocycles. The van der Waals surface area contributed by atoms with Crippen LogP contribution in [0.25, 0.3) is 44.2 Å². The third-order valence-corrected chi connectivity index (χ3v) is 20.7. The maximum absolute atomic E-state index is 15.3. The lowest BCUT2D eigenvalue weighted by Gasteiger charge is -2.41. The molecule has 4 heterocycles. The van der Waals surface area contributed by atoms with Gasteiger partial charge in [0.25, 0.3) is 0 Å². The second-order valence-electron chi connectivity index (χ2n) is 20.7. The van der Waals surface area contributed by atoms with E-state index in [1.165, 1.54) is 43.7 Å². The SMILES string of the molecule is CC(C)Cc1cc(-c2oc3cc(O)c4c(c3c(=O)c2O)OC2CC3c5c-4cc(CCCO)c4cccc(c54)C(SSCCCC2O)C3O)c2c(c1O)Cc1cccc(c1)C(NC1CCCCC1)CSSC2. The molecule has 5 aromatic carbocycles. The fraction of sp³-hybridized carbons (Fsp3) is 0.456. The number of phenolic OH excluding ortho intramolecular Hbond substituents is 2. The first kappa shape index (κ1) is 49.2. The first-order valence-electron chi connectivity index (χ1n) is 25.5. The highest BCUT2D eigenvalue weighted by Gasteiger charge is 2.45. The van der Waals surface area contributed by atoms with Gasteiger partial charge in [-0.25, -0.2) is 0 Å². The Morgan fingerprint density at radius 2 is 1.66 bits per heavy atom. The van der Waals surface area contributed by atoms with E-state index in [0.29, 0.717) is 72.6 Å². The molecule has 71 heavy (non-hydrogen) atoms. The number of hydrogen-bond donors (Lipinski definition) is 7. The first-order chi connectivity index (χ1) is 34.5. The molecule has 5 aliphatic rings. The van der Waals surface area contributed by atoms with Crippen LogP contribution in [0.3, 0.4) is 0 Å². The van der Waals surface area contributed by atoms with Crippen molar-refractivity contribution in [2.75, 3.05) is 18.1 Å². The zero-order chi connectivity index (χ0) is 49.1. The summed E-state index contributed by atoms with van der Waals surface area (Å²) in [4.78, 5) is 15.3. The largest absolute Gasteiger partial charge is 0.507 e. The molecule has 6 unspecified atom stereocenters. The molecule has 2 fully saturated rings.